The van der Waals surface area contributed by atoms with Gasteiger partial charge in [0.15, 0.2) is 0 Å². The fraction of sp³-hybridized carbons (Fsp3) is 0.417. The van der Waals surface area contributed by atoms with E-state index >= 15 is 0 Å². The summed E-state index contributed by atoms with van der Waals surface area (Å²) in [4.78, 5) is 12.8. The maximum atomic E-state index is 11.3. The van der Waals surface area contributed by atoms with Gasteiger partial charge in [-0.2, -0.15) is 0 Å². The molecule has 4 heteroatoms. The molecule has 16 heavy (non-hydrogen) atoms. The van der Waals surface area contributed by atoms with Crippen LogP contribution in [-0.4, -0.2) is 36.6 Å². The molecule has 0 aliphatic carbocycles. The van der Waals surface area contributed by atoms with Gasteiger partial charge in [0.2, 0.25) is 5.91 Å². The maximum Gasteiger partial charge on any atom is 0.223 e. The number of amides is 1. The SMILES string of the molecule is CN(C)C(=O)CCNCc1cccc(O)c1. The van der Waals surface area contributed by atoms with Gasteiger partial charge in [0.25, 0.3) is 0 Å². The van der Waals surface area contributed by atoms with Crippen molar-refractivity contribution in [2.24, 2.45) is 0 Å². The van der Waals surface area contributed by atoms with Crippen LogP contribution in [0, 0.1) is 0 Å². The number of rotatable bonds is 5. The van der Waals surface area contributed by atoms with Crippen molar-refractivity contribution in [3.63, 3.8) is 0 Å². The maximum absolute atomic E-state index is 11.3. The van der Waals surface area contributed by atoms with Gasteiger partial charge in [-0.25, -0.2) is 0 Å². The zero-order chi connectivity index (χ0) is 12.0. The largest absolute Gasteiger partial charge is 0.508 e. The molecular weight excluding hydrogens is 204 g/mol. The van der Waals surface area contributed by atoms with Gasteiger partial charge < -0.3 is 15.3 Å². The zero-order valence-electron chi connectivity index (χ0n) is 9.73. The third-order valence-electron chi connectivity index (χ3n) is 2.25. The van der Waals surface area contributed by atoms with Crippen molar-refractivity contribution in [3.8, 4) is 5.75 Å². The second-order valence-electron chi connectivity index (χ2n) is 3.88. The Morgan fingerprint density at radius 3 is 2.81 bits per heavy atom. The highest BCUT2D eigenvalue weighted by atomic mass is 16.3. The Morgan fingerprint density at radius 1 is 1.44 bits per heavy atom. The molecule has 0 aromatic heterocycles. The van der Waals surface area contributed by atoms with Crippen LogP contribution in [0.1, 0.15) is 12.0 Å². The molecule has 0 unspecified atom stereocenters. The van der Waals surface area contributed by atoms with Crippen LogP contribution in [0.2, 0.25) is 0 Å². The smallest absolute Gasteiger partial charge is 0.223 e. The van der Waals surface area contributed by atoms with E-state index in [4.69, 9.17) is 0 Å². The van der Waals surface area contributed by atoms with Crippen molar-refractivity contribution in [2.45, 2.75) is 13.0 Å². The number of aromatic hydroxyl groups is 1. The predicted octanol–water partition coefficient (Wildman–Crippen LogP) is 0.960. The first-order chi connectivity index (χ1) is 7.59. The van der Waals surface area contributed by atoms with E-state index in [-0.39, 0.29) is 11.7 Å². The van der Waals surface area contributed by atoms with Gasteiger partial charge in [-0.05, 0) is 17.7 Å². The van der Waals surface area contributed by atoms with Gasteiger partial charge in [0, 0.05) is 33.6 Å². The number of carbonyl (C=O) groups excluding carboxylic acids is 1. The van der Waals surface area contributed by atoms with Gasteiger partial charge in [-0.3, -0.25) is 4.79 Å². The summed E-state index contributed by atoms with van der Waals surface area (Å²) >= 11 is 0. The van der Waals surface area contributed by atoms with E-state index in [0.717, 1.165) is 5.56 Å². The lowest BCUT2D eigenvalue weighted by atomic mass is 10.2. The zero-order valence-corrected chi connectivity index (χ0v) is 9.73. The molecule has 1 rings (SSSR count). The minimum Gasteiger partial charge on any atom is -0.508 e. The number of nitrogens with zero attached hydrogens (tertiary/aromatic N) is 1. The Morgan fingerprint density at radius 2 is 2.19 bits per heavy atom. The normalized spacial score (nSPS) is 10.1. The van der Waals surface area contributed by atoms with E-state index in [0.29, 0.717) is 19.5 Å². The van der Waals surface area contributed by atoms with E-state index in [1.165, 1.54) is 0 Å². The van der Waals surface area contributed by atoms with E-state index in [9.17, 15) is 9.90 Å². The van der Waals surface area contributed by atoms with E-state index < -0.39 is 0 Å². The molecule has 0 saturated heterocycles. The highest BCUT2D eigenvalue weighted by Gasteiger charge is 2.02. The Labute approximate surface area is 95.9 Å². The van der Waals surface area contributed by atoms with Crippen molar-refractivity contribution < 1.29 is 9.90 Å². The monoisotopic (exact) mass is 222 g/mol. The minimum absolute atomic E-state index is 0.114. The molecule has 1 amide bonds. The van der Waals surface area contributed by atoms with E-state index in [1.54, 1.807) is 37.2 Å². The van der Waals surface area contributed by atoms with E-state index in [1.807, 2.05) is 6.07 Å². The summed E-state index contributed by atoms with van der Waals surface area (Å²) in [6.45, 7) is 1.31. The predicted molar refractivity (Wildman–Crippen MR) is 63.1 cm³/mol. The number of phenolic OH excluding ortho intramolecular Hbond substituents is 1. The first-order valence-corrected chi connectivity index (χ1v) is 5.28. The Kier molecular flexibility index (Phi) is 4.79. The second kappa shape index (κ2) is 6.12. The van der Waals surface area contributed by atoms with Crippen molar-refractivity contribution >= 4 is 5.91 Å². The second-order valence-corrected chi connectivity index (χ2v) is 3.88. The molecule has 0 aliphatic heterocycles. The molecule has 0 fully saturated rings. The van der Waals surface area contributed by atoms with Crippen molar-refractivity contribution in [1.82, 2.24) is 10.2 Å². The third kappa shape index (κ3) is 4.31. The molecule has 4 nitrogen and oxygen atoms in total. The fourth-order valence-corrected chi connectivity index (χ4v) is 1.32. The van der Waals surface area contributed by atoms with Gasteiger partial charge in [-0.15, -0.1) is 0 Å². The van der Waals surface area contributed by atoms with Crippen molar-refractivity contribution in [3.05, 3.63) is 29.8 Å². The number of carbonyl (C=O) groups is 1. The molecule has 1 aromatic rings. The van der Waals surface area contributed by atoms with Gasteiger partial charge >= 0.3 is 0 Å². The molecule has 0 aliphatic rings. The van der Waals surface area contributed by atoms with Crippen LogP contribution in [0.5, 0.6) is 5.75 Å². The molecule has 88 valence electrons. The summed E-state index contributed by atoms with van der Waals surface area (Å²) in [7, 11) is 3.50. The minimum atomic E-state index is 0.114. The van der Waals surface area contributed by atoms with Crippen LogP contribution in [0.25, 0.3) is 0 Å². The number of phenols is 1. The number of hydrogen-bond donors (Lipinski definition) is 2. The molecule has 2 N–H and O–H groups in total. The number of nitrogens with one attached hydrogen (secondary N) is 1. The van der Waals surface area contributed by atoms with Crippen LogP contribution in [0.4, 0.5) is 0 Å². The highest BCUT2D eigenvalue weighted by Crippen LogP contribution is 2.10. The summed E-state index contributed by atoms with van der Waals surface area (Å²) in [6, 6.07) is 7.08. The number of hydrogen-bond acceptors (Lipinski definition) is 3. The van der Waals surface area contributed by atoms with Gasteiger partial charge in [0.05, 0.1) is 0 Å². The fourth-order valence-electron chi connectivity index (χ4n) is 1.32. The summed E-state index contributed by atoms with van der Waals surface area (Å²) < 4.78 is 0. The van der Waals surface area contributed by atoms with Gasteiger partial charge in [0.1, 0.15) is 5.75 Å². The molecule has 0 radical (unpaired) electrons. The molecule has 0 heterocycles. The lowest BCUT2D eigenvalue weighted by Crippen LogP contribution is -2.26. The molecule has 0 spiro atoms. The molecular formula is C12H18N2O2. The Balaban J connectivity index is 2.23. The summed E-state index contributed by atoms with van der Waals surface area (Å²) in [5, 5.41) is 12.4. The average Bonchev–Trinajstić information content (AvgIpc) is 2.24. The lowest BCUT2D eigenvalue weighted by Gasteiger charge is -2.10. The molecule has 1 aromatic carbocycles. The van der Waals surface area contributed by atoms with Gasteiger partial charge in [-0.1, -0.05) is 12.1 Å². The van der Waals surface area contributed by atoms with Crippen LogP contribution in [0.3, 0.4) is 0 Å². The molecule has 0 saturated carbocycles. The first-order valence-electron chi connectivity index (χ1n) is 5.28. The Hall–Kier alpha value is -1.55. The topological polar surface area (TPSA) is 52.6 Å². The van der Waals surface area contributed by atoms with Crippen LogP contribution in [-0.2, 0) is 11.3 Å². The van der Waals surface area contributed by atoms with Crippen LogP contribution in [0.15, 0.2) is 24.3 Å². The Bertz CT molecular complexity index is 351. The van der Waals surface area contributed by atoms with Crippen LogP contribution >= 0.6 is 0 Å². The van der Waals surface area contributed by atoms with Crippen LogP contribution < -0.4 is 5.32 Å². The summed E-state index contributed by atoms with van der Waals surface area (Å²) in [5.41, 5.74) is 1.01. The molecule has 0 atom stereocenters. The highest BCUT2D eigenvalue weighted by molar-refractivity contribution is 5.75. The summed E-state index contributed by atoms with van der Waals surface area (Å²) in [5.74, 6) is 0.382. The quantitative estimate of drug-likeness (QED) is 0.730. The van der Waals surface area contributed by atoms with Crippen molar-refractivity contribution in [1.29, 1.82) is 0 Å². The van der Waals surface area contributed by atoms with E-state index in [2.05, 4.69) is 5.32 Å². The first kappa shape index (κ1) is 12.5. The number of benzene rings is 1. The molecule has 0 bridgehead atoms. The standard InChI is InChI=1S/C12H18N2O2/c1-14(2)12(16)6-7-13-9-10-4-3-5-11(15)8-10/h3-5,8,13,15H,6-7,9H2,1-2H3. The third-order valence-corrected chi connectivity index (χ3v) is 2.25. The summed E-state index contributed by atoms with van der Waals surface area (Å²) in [6.07, 6.45) is 0.492. The lowest BCUT2D eigenvalue weighted by molar-refractivity contribution is -0.128. The van der Waals surface area contributed by atoms with Crippen molar-refractivity contribution in [2.75, 3.05) is 20.6 Å². The average molecular weight is 222 g/mol.